The zero-order valence-electron chi connectivity index (χ0n) is 13.9. The SMILES string of the molecule is C=C/C=C(/C=C\C)C(Nc1ccccc1N(C)C)C(C)C. The van der Waals surface area contributed by atoms with Gasteiger partial charge in [-0.05, 0) is 30.5 Å². The van der Waals surface area contributed by atoms with Crippen molar-refractivity contribution in [3.8, 4) is 0 Å². The number of allylic oxidation sites excluding steroid dienone is 3. The fourth-order valence-corrected chi connectivity index (χ4v) is 2.38. The smallest absolute Gasteiger partial charge is 0.0596 e. The number of hydrogen-bond donors (Lipinski definition) is 1. The summed E-state index contributed by atoms with van der Waals surface area (Å²) < 4.78 is 0. The zero-order valence-corrected chi connectivity index (χ0v) is 13.9. The zero-order chi connectivity index (χ0) is 15.8. The molecule has 0 aliphatic carbocycles. The number of anilines is 2. The van der Waals surface area contributed by atoms with Gasteiger partial charge in [-0.3, -0.25) is 0 Å². The van der Waals surface area contributed by atoms with Gasteiger partial charge in [0.15, 0.2) is 0 Å². The minimum atomic E-state index is 0.250. The highest BCUT2D eigenvalue weighted by atomic mass is 15.1. The normalized spacial score (nSPS) is 13.5. The lowest BCUT2D eigenvalue weighted by molar-refractivity contribution is 0.586. The first kappa shape index (κ1) is 17.1. The second-order valence-electron chi connectivity index (χ2n) is 5.68. The van der Waals surface area contributed by atoms with Gasteiger partial charge in [-0.1, -0.05) is 56.9 Å². The van der Waals surface area contributed by atoms with Gasteiger partial charge in [0, 0.05) is 14.1 Å². The van der Waals surface area contributed by atoms with Crippen molar-refractivity contribution in [2.24, 2.45) is 5.92 Å². The first-order valence-corrected chi connectivity index (χ1v) is 7.49. The second-order valence-corrected chi connectivity index (χ2v) is 5.68. The molecule has 1 unspecified atom stereocenters. The maximum atomic E-state index is 3.83. The largest absolute Gasteiger partial charge is 0.376 e. The minimum Gasteiger partial charge on any atom is -0.376 e. The van der Waals surface area contributed by atoms with Crippen molar-refractivity contribution in [1.82, 2.24) is 0 Å². The molecule has 114 valence electrons. The monoisotopic (exact) mass is 284 g/mol. The third-order valence-electron chi connectivity index (χ3n) is 3.39. The fraction of sp³-hybridized carbons (Fsp3) is 0.368. The second kappa shape index (κ2) is 8.35. The number of nitrogens with one attached hydrogen (secondary N) is 1. The van der Waals surface area contributed by atoms with Crippen molar-refractivity contribution in [1.29, 1.82) is 0 Å². The van der Waals surface area contributed by atoms with E-state index < -0.39 is 0 Å². The van der Waals surface area contributed by atoms with Crippen LogP contribution in [0.15, 0.2) is 60.7 Å². The van der Waals surface area contributed by atoms with Crippen LogP contribution in [0.2, 0.25) is 0 Å². The third kappa shape index (κ3) is 4.82. The van der Waals surface area contributed by atoms with Crippen molar-refractivity contribution >= 4 is 11.4 Å². The van der Waals surface area contributed by atoms with Crippen molar-refractivity contribution in [2.45, 2.75) is 26.8 Å². The molecule has 0 aromatic heterocycles. The van der Waals surface area contributed by atoms with Crippen LogP contribution in [-0.4, -0.2) is 20.1 Å². The highest BCUT2D eigenvalue weighted by Crippen LogP contribution is 2.27. The van der Waals surface area contributed by atoms with E-state index in [4.69, 9.17) is 0 Å². The Hall–Kier alpha value is -1.96. The van der Waals surface area contributed by atoms with Crippen LogP contribution >= 0.6 is 0 Å². The van der Waals surface area contributed by atoms with E-state index in [1.165, 1.54) is 11.3 Å². The molecule has 1 aromatic rings. The summed E-state index contributed by atoms with van der Waals surface area (Å²) in [6.07, 6.45) is 8.15. The average Bonchev–Trinajstić information content (AvgIpc) is 2.44. The Labute approximate surface area is 129 Å². The molecule has 0 aliphatic rings. The molecule has 1 N–H and O–H groups in total. The molecule has 0 heterocycles. The van der Waals surface area contributed by atoms with E-state index in [0.717, 1.165) is 5.69 Å². The van der Waals surface area contributed by atoms with Gasteiger partial charge in [-0.25, -0.2) is 0 Å². The lowest BCUT2D eigenvalue weighted by atomic mass is 9.94. The topological polar surface area (TPSA) is 15.3 Å². The highest BCUT2D eigenvalue weighted by molar-refractivity contribution is 5.70. The summed E-state index contributed by atoms with van der Waals surface area (Å²) >= 11 is 0. The minimum absolute atomic E-state index is 0.250. The molecule has 21 heavy (non-hydrogen) atoms. The first-order valence-electron chi connectivity index (χ1n) is 7.49. The Morgan fingerprint density at radius 3 is 2.43 bits per heavy atom. The molecule has 0 saturated heterocycles. The van der Waals surface area contributed by atoms with Gasteiger partial charge in [-0.15, -0.1) is 0 Å². The molecule has 0 amide bonds. The Balaban J connectivity index is 3.15. The Morgan fingerprint density at radius 1 is 1.24 bits per heavy atom. The van der Waals surface area contributed by atoms with E-state index in [9.17, 15) is 0 Å². The van der Waals surface area contributed by atoms with Gasteiger partial charge in [0.25, 0.3) is 0 Å². The highest BCUT2D eigenvalue weighted by Gasteiger charge is 2.17. The Morgan fingerprint density at radius 2 is 1.90 bits per heavy atom. The first-order chi connectivity index (χ1) is 10.0. The van der Waals surface area contributed by atoms with Crippen LogP contribution in [0.3, 0.4) is 0 Å². The molecule has 1 aromatic carbocycles. The predicted molar refractivity (Wildman–Crippen MR) is 96.1 cm³/mol. The van der Waals surface area contributed by atoms with E-state index in [1.807, 2.05) is 13.0 Å². The molecule has 2 nitrogen and oxygen atoms in total. The molecule has 0 bridgehead atoms. The van der Waals surface area contributed by atoms with Crippen LogP contribution in [0.25, 0.3) is 0 Å². The van der Waals surface area contributed by atoms with Crippen LogP contribution in [-0.2, 0) is 0 Å². The van der Waals surface area contributed by atoms with Gasteiger partial charge >= 0.3 is 0 Å². The van der Waals surface area contributed by atoms with E-state index in [1.54, 1.807) is 0 Å². The molecular weight excluding hydrogens is 256 g/mol. The van der Waals surface area contributed by atoms with Crippen molar-refractivity contribution in [2.75, 3.05) is 24.3 Å². The summed E-state index contributed by atoms with van der Waals surface area (Å²) in [5.41, 5.74) is 3.60. The maximum Gasteiger partial charge on any atom is 0.0596 e. The van der Waals surface area contributed by atoms with Crippen LogP contribution in [0.4, 0.5) is 11.4 Å². The molecule has 0 fully saturated rings. The maximum absolute atomic E-state index is 3.83. The molecule has 1 rings (SSSR count). The quantitative estimate of drug-likeness (QED) is 0.718. The summed E-state index contributed by atoms with van der Waals surface area (Å²) in [4.78, 5) is 2.13. The van der Waals surface area contributed by atoms with Crippen LogP contribution in [0.1, 0.15) is 20.8 Å². The van der Waals surface area contributed by atoms with Gasteiger partial charge in [0.1, 0.15) is 0 Å². The van der Waals surface area contributed by atoms with E-state index in [0.29, 0.717) is 5.92 Å². The summed E-state index contributed by atoms with van der Waals surface area (Å²) in [5.74, 6) is 0.475. The molecule has 0 radical (unpaired) electrons. The molecule has 1 atom stereocenters. The number of rotatable bonds is 7. The number of hydrogen-bond acceptors (Lipinski definition) is 2. The van der Waals surface area contributed by atoms with Gasteiger partial charge in [-0.2, -0.15) is 0 Å². The lowest BCUT2D eigenvalue weighted by Crippen LogP contribution is -2.28. The van der Waals surface area contributed by atoms with E-state index in [-0.39, 0.29) is 6.04 Å². The molecule has 0 saturated carbocycles. The van der Waals surface area contributed by atoms with Crippen molar-refractivity contribution in [3.63, 3.8) is 0 Å². The third-order valence-corrected chi connectivity index (χ3v) is 3.39. The average molecular weight is 284 g/mol. The Kier molecular flexibility index (Phi) is 6.80. The lowest BCUT2D eigenvalue weighted by Gasteiger charge is -2.27. The molecule has 2 heteroatoms. The summed E-state index contributed by atoms with van der Waals surface area (Å²) in [6, 6.07) is 8.65. The molecule has 0 aliphatic heterocycles. The van der Waals surface area contributed by atoms with Crippen LogP contribution in [0, 0.1) is 5.92 Å². The van der Waals surface area contributed by atoms with Gasteiger partial charge < -0.3 is 10.2 Å². The van der Waals surface area contributed by atoms with Crippen LogP contribution in [0.5, 0.6) is 0 Å². The standard InChI is InChI=1S/C19H28N2/c1-7-11-16(12-8-2)19(15(3)4)20-17-13-9-10-14-18(17)21(5)6/h7-15,19-20H,1H2,2-6H3/b12-8-,16-11-. The van der Waals surface area contributed by atoms with Crippen LogP contribution < -0.4 is 10.2 Å². The fourth-order valence-electron chi connectivity index (χ4n) is 2.38. The number of para-hydroxylation sites is 2. The van der Waals surface area contributed by atoms with Gasteiger partial charge in [0.05, 0.1) is 17.4 Å². The summed E-state index contributed by atoms with van der Waals surface area (Å²) in [5, 5.41) is 3.69. The van der Waals surface area contributed by atoms with Gasteiger partial charge in [0.2, 0.25) is 0 Å². The summed E-state index contributed by atoms with van der Waals surface area (Å²) in [6.45, 7) is 10.3. The number of benzene rings is 1. The molecular formula is C19H28N2. The van der Waals surface area contributed by atoms with E-state index in [2.05, 4.69) is 87.2 Å². The Bertz CT molecular complexity index is 510. The molecule has 0 spiro atoms. The van der Waals surface area contributed by atoms with Crippen molar-refractivity contribution < 1.29 is 0 Å². The predicted octanol–water partition coefficient (Wildman–Crippen LogP) is 4.88. The van der Waals surface area contributed by atoms with Crippen molar-refractivity contribution in [3.05, 3.63) is 60.7 Å². The van der Waals surface area contributed by atoms with E-state index >= 15 is 0 Å². The summed E-state index contributed by atoms with van der Waals surface area (Å²) in [7, 11) is 4.13. The number of nitrogens with zero attached hydrogens (tertiary/aromatic N) is 1.